The van der Waals surface area contributed by atoms with E-state index in [1.54, 1.807) is 18.2 Å². The fourth-order valence-corrected chi connectivity index (χ4v) is 4.45. The number of hydrogen-bond donors (Lipinski definition) is 0. The standard InChI is InChI=1S/C22H20ClNO5S2/c1-4-28-17-10-14(9-16(23)20(17)29-12-19(25)27-3)11-18-21(26)24(22(30)31-18)15-7-5-6-13(2)8-15/h5-11H,4,12H2,1-3H3/b18-11+. The van der Waals surface area contributed by atoms with Gasteiger partial charge >= 0.3 is 5.97 Å². The van der Waals surface area contributed by atoms with Crippen LogP contribution in [0.5, 0.6) is 11.5 Å². The van der Waals surface area contributed by atoms with Crippen LogP contribution >= 0.6 is 35.6 Å². The molecular formula is C22H20ClNO5S2. The lowest BCUT2D eigenvalue weighted by molar-refractivity contribution is -0.142. The zero-order chi connectivity index (χ0) is 22.5. The predicted octanol–water partition coefficient (Wildman–Crippen LogP) is 5.00. The monoisotopic (exact) mass is 477 g/mol. The van der Waals surface area contributed by atoms with E-state index < -0.39 is 5.97 Å². The molecule has 162 valence electrons. The first kappa shape index (κ1) is 23.1. The highest BCUT2D eigenvalue weighted by Crippen LogP contribution is 2.40. The molecule has 2 aromatic rings. The van der Waals surface area contributed by atoms with Crippen LogP contribution in [0.4, 0.5) is 5.69 Å². The van der Waals surface area contributed by atoms with Crippen LogP contribution in [0, 0.1) is 6.92 Å². The molecule has 1 aliphatic rings. The number of ether oxygens (including phenoxy) is 3. The molecule has 1 fully saturated rings. The minimum absolute atomic E-state index is 0.208. The average molecular weight is 478 g/mol. The van der Waals surface area contributed by atoms with Crippen molar-refractivity contribution in [2.75, 3.05) is 25.2 Å². The normalized spacial score (nSPS) is 14.8. The number of thiocarbonyl (C=S) groups is 1. The van der Waals surface area contributed by atoms with Crippen LogP contribution in [0.15, 0.2) is 41.3 Å². The number of benzene rings is 2. The highest BCUT2D eigenvalue weighted by atomic mass is 35.5. The van der Waals surface area contributed by atoms with E-state index in [1.807, 2.05) is 38.1 Å². The van der Waals surface area contributed by atoms with Gasteiger partial charge in [0.15, 0.2) is 22.4 Å². The number of carbonyl (C=O) groups excluding carboxylic acids is 2. The number of esters is 1. The lowest BCUT2D eigenvalue weighted by Crippen LogP contribution is -2.27. The van der Waals surface area contributed by atoms with Crippen molar-refractivity contribution in [3.05, 3.63) is 57.5 Å². The first-order valence-corrected chi connectivity index (χ1v) is 10.9. The summed E-state index contributed by atoms with van der Waals surface area (Å²) in [7, 11) is 1.27. The predicted molar refractivity (Wildman–Crippen MR) is 127 cm³/mol. The van der Waals surface area contributed by atoms with Gasteiger partial charge in [-0.3, -0.25) is 9.69 Å². The first-order valence-electron chi connectivity index (χ1n) is 9.34. The minimum Gasteiger partial charge on any atom is -0.490 e. The van der Waals surface area contributed by atoms with Crippen LogP contribution in [0.3, 0.4) is 0 Å². The molecule has 9 heteroatoms. The Kier molecular flexibility index (Phi) is 7.59. The third-order valence-corrected chi connectivity index (χ3v) is 5.83. The van der Waals surface area contributed by atoms with Crippen LogP contribution in [0.1, 0.15) is 18.1 Å². The van der Waals surface area contributed by atoms with Crippen molar-refractivity contribution in [2.45, 2.75) is 13.8 Å². The Morgan fingerprint density at radius 2 is 2.03 bits per heavy atom. The van der Waals surface area contributed by atoms with Gasteiger partial charge in [-0.05, 0) is 55.3 Å². The van der Waals surface area contributed by atoms with Crippen LogP contribution in [0.2, 0.25) is 5.02 Å². The number of nitrogens with zero attached hydrogens (tertiary/aromatic N) is 1. The minimum atomic E-state index is -0.539. The Morgan fingerprint density at radius 1 is 1.26 bits per heavy atom. The molecule has 1 amide bonds. The molecule has 31 heavy (non-hydrogen) atoms. The molecule has 3 rings (SSSR count). The van der Waals surface area contributed by atoms with Gasteiger partial charge in [-0.1, -0.05) is 47.7 Å². The maximum absolute atomic E-state index is 13.0. The van der Waals surface area contributed by atoms with E-state index in [4.69, 9.17) is 33.3 Å². The molecule has 1 heterocycles. The van der Waals surface area contributed by atoms with Crippen molar-refractivity contribution in [2.24, 2.45) is 0 Å². The second-order valence-electron chi connectivity index (χ2n) is 6.48. The molecule has 0 bridgehead atoms. The highest BCUT2D eigenvalue weighted by Gasteiger charge is 2.33. The summed E-state index contributed by atoms with van der Waals surface area (Å²) >= 11 is 13.0. The molecule has 6 nitrogen and oxygen atoms in total. The number of aryl methyl sites for hydroxylation is 1. The maximum Gasteiger partial charge on any atom is 0.343 e. The molecule has 1 saturated heterocycles. The van der Waals surface area contributed by atoms with Crippen LogP contribution in [-0.2, 0) is 14.3 Å². The highest BCUT2D eigenvalue weighted by molar-refractivity contribution is 8.27. The van der Waals surface area contributed by atoms with Gasteiger partial charge in [-0.25, -0.2) is 4.79 Å². The maximum atomic E-state index is 13.0. The van der Waals surface area contributed by atoms with Crippen molar-refractivity contribution >= 4 is 63.5 Å². The van der Waals surface area contributed by atoms with E-state index in [-0.39, 0.29) is 23.3 Å². The lowest BCUT2D eigenvalue weighted by Gasteiger charge is -2.15. The van der Waals surface area contributed by atoms with E-state index in [0.717, 1.165) is 11.3 Å². The van der Waals surface area contributed by atoms with E-state index in [2.05, 4.69) is 4.74 Å². The number of hydrogen-bond acceptors (Lipinski definition) is 7. The van der Waals surface area contributed by atoms with E-state index in [9.17, 15) is 9.59 Å². The van der Waals surface area contributed by atoms with Gasteiger partial charge in [0.2, 0.25) is 0 Å². The molecule has 2 aromatic carbocycles. The number of amides is 1. The number of halogens is 1. The van der Waals surface area contributed by atoms with Crippen molar-refractivity contribution < 1.29 is 23.8 Å². The van der Waals surface area contributed by atoms with Gasteiger partial charge in [-0.2, -0.15) is 0 Å². The van der Waals surface area contributed by atoms with Crippen LogP contribution in [-0.4, -0.2) is 36.5 Å². The summed E-state index contributed by atoms with van der Waals surface area (Å²) < 4.78 is 16.1. The van der Waals surface area contributed by atoms with Gasteiger partial charge in [-0.15, -0.1) is 0 Å². The van der Waals surface area contributed by atoms with Crippen molar-refractivity contribution in [1.82, 2.24) is 0 Å². The second kappa shape index (κ2) is 10.2. The topological polar surface area (TPSA) is 65.1 Å². The molecule has 0 aromatic heterocycles. The summed E-state index contributed by atoms with van der Waals surface area (Å²) in [5, 5.41) is 0.246. The smallest absolute Gasteiger partial charge is 0.343 e. The second-order valence-corrected chi connectivity index (χ2v) is 8.57. The zero-order valence-electron chi connectivity index (χ0n) is 17.1. The molecule has 0 unspecified atom stereocenters. The third kappa shape index (κ3) is 5.39. The average Bonchev–Trinajstić information content (AvgIpc) is 3.00. The van der Waals surface area contributed by atoms with Crippen molar-refractivity contribution in [3.8, 4) is 11.5 Å². The Morgan fingerprint density at radius 3 is 2.71 bits per heavy atom. The van der Waals surface area contributed by atoms with Crippen molar-refractivity contribution in [1.29, 1.82) is 0 Å². The fraction of sp³-hybridized carbons (Fsp3) is 0.227. The molecule has 1 aliphatic heterocycles. The van der Waals surface area contributed by atoms with Crippen molar-refractivity contribution in [3.63, 3.8) is 0 Å². The summed E-state index contributed by atoms with van der Waals surface area (Å²) in [6.07, 6.45) is 1.70. The number of carbonyl (C=O) groups is 2. The fourth-order valence-electron chi connectivity index (χ4n) is 2.87. The summed E-state index contributed by atoms with van der Waals surface area (Å²) in [6.45, 7) is 3.84. The number of anilines is 1. The largest absolute Gasteiger partial charge is 0.490 e. The molecule has 0 N–H and O–H groups in total. The Hall–Kier alpha value is -2.55. The van der Waals surface area contributed by atoms with Gasteiger partial charge in [0.1, 0.15) is 0 Å². The molecular weight excluding hydrogens is 458 g/mol. The SMILES string of the molecule is CCOc1cc(/C=C2/SC(=S)N(c3cccc(C)c3)C2=O)cc(Cl)c1OCC(=O)OC. The Balaban J connectivity index is 1.91. The molecule has 0 spiro atoms. The van der Waals surface area contributed by atoms with Crippen LogP contribution in [0.25, 0.3) is 6.08 Å². The number of thioether (sulfide) groups is 1. The van der Waals surface area contributed by atoms with E-state index in [1.165, 1.54) is 23.8 Å². The quantitative estimate of drug-likeness (QED) is 0.315. The van der Waals surface area contributed by atoms with Crippen LogP contribution < -0.4 is 14.4 Å². The molecule has 0 aliphatic carbocycles. The van der Waals surface area contributed by atoms with E-state index >= 15 is 0 Å². The summed E-state index contributed by atoms with van der Waals surface area (Å²) in [4.78, 5) is 26.4. The van der Waals surface area contributed by atoms with E-state index in [0.29, 0.717) is 27.1 Å². The third-order valence-electron chi connectivity index (χ3n) is 4.25. The first-order chi connectivity index (χ1) is 14.8. The van der Waals surface area contributed by atoms with Gasteiger partial charge in [0.05, 0.1) is 29.3 Å². The summed E-state index contributed by atoms with van der Waals surface area (Å²) in [6, 6.07) is 10.9. The summed E-state index contributed by atoms with van der Waals surface area (Å²) in [5.41, 5.74) is 2.40. The Bertz CT molecular complexity index is 1070. The lowest BCUT2D eigenvalue weighted by atomic mass is 10.1. The van der Waals surface area contributed by atoms with Gasteiger partial charge < -0.3 is 14.2 Å². The number of rotatable bonds is 7. The molecule has 0 saturated carbocycles. The zero-order valence-corrected chi connectivity index (χ0v) is 19.5. The summed E-state index contributed by atoms with van der Waals surface area (Å²) in [5.74, 6) is -0.152. The van der Waals surface area contributed by atoms with Gasteiger partial charge in [0, 0.05) is 0 Å². The molecule has 0 atom stereocenters. The Labute approximate surface area is 195 Å². The van der Waals surface area contributed by atoms with Gasteiger partial charge in [0.25, 0.3) is 5.91 Å². The molecule has 0 radical (unpaired) electrons. The number of methoxy groups -OCH3 is 1.